The Balaban J connectivity index is 1.60. The molecule has 12 heteroatoms. The predicted octanol–water partition coefficient (Wildman–Crippen LogP) is 5.70. The molecule has 230 valence electrons. The minimum atomic E-state index is -2.10. The van der Waals surface area contributed by atoms with E-state index in [1.807, 2.05) is 20.8 Å². The molecule has 11 nitrogen and oxygen atoms in total. The SMILES string of the molecule is CC(C)(C)OC(=O)N1C[C@H](O[Si](C)(C)C(C)(C)C)C[C@H]1C(O)C1CCN(C(=O)OCc2ccc([N+](=O)[O-])cc2)CC1. The van der Waals surface area contributed by atoms with Crippen molar-refractivity contribution in [2.24, 2.45) is 5.92 Å². The van der Waals surface area contributed by atoms with Crippen molar-refractivity contribution >= 4 is 26.2 Å². The molecule has 1 aromatic carbocycles. The highest BCUT2D eigenvalue weighted by Gasteiger charge is 2.47. The number of aliphatic hydroxyl groups excluding tert-OH is 1. The van der Waals surface area contributed by atoms with E-state index >= 15 is 0 Å². The van der Waals surface area contributed by atoms with Crippen LogP contribution in [0.3, 0.4) is 0 Å². The largest absolute Gasteiger partial charge is 0.445 e. The summed E-state index contributed by atoms with van der Waals surface area (Å²) in [6, 6.07) is 5.44. The van der Waals surface area contributed by atoms with Crippen LogP contribution in [0, 0.1) is 16.0 Å². The summed E-state index contributed by atoms with van der Waals surface area (Å²) < 4.78 is 17.8. The third-order valence-corrected chi connectivity index (χ3v) is 12.9. The van der Waals surface area contributed by atoms with Crippen LogP contribution in [-0.4, -0.2) is 83.8 Å². The molecule has 1 unspecified atom stereocenters. The van der Waals surface area contributed by atoms with Gasteiger partial charge in [0.25, 0.3) is 5.69 Å². The Morgan fingerprint density at radius 1 is 1.07 bits per heavy atom. The molecule has 2 aliphatic rings. The normalized spacial score (nSPS) is 21.5. The summed E-state index contributed by atoms with van der Waals surface area (Å²) in [7, 11) is -2.10. The average Bonchev–Trinajstić information content (AvgIpc) is 3.29. The molecule has 3 rings (SSSR count). The smallest absolute Gasteiger partial charge is 0.410 e. The van der Waals surface area contributed by atoms with Gasteiger partial charge in [0, 0.05) is 31.8 Å². The number of nitrogens with zero attached hydrogens (tertiary/aromatic N) is 3. The number of aliphatic hydroxyl groups is 1. The first-order valence-electron chi connectivity index (χ1n) is 14.4. The third-order valence-electron chi connectivity index (χ3n) is 8.39. The first-order chi connectivity index (χ1) is 18.9. The van der Waals surface area contributed by atoms with E-state index in [9.17, 15) is 24.8 Å². The molecule has 0 spiro atoms. The van der Waals surface area contributed by atoms with E-state index in [1.165, 1.54) is 12.1 Å². The minimum Gasteiger partial charge on any atom is -0.445 e. The number of amides is 2. The Morgan fingerprint density at radius 3 is 2.17 bits per heavy atom. The van der Waals surface area contributed by atoms with Crippen molar-refractivity contribution in [3.8, 4) is 0 Å². The summed E-state index contributed by atoms with van der Waals surface area (Å²) in [6.45, 7) is 17.6. The zero-order valence-electron chi connectivity index (χ0n) is 25.7. The molecule has 3 atom stereocenters. The summed E-state index contributed by atoms with van der Waals surface area (Å²) in [5.41, 5.74) is -0.0243. The molecule has 0 aliphatic carbocycles. The predicted molar refractivity (Wildman–Crippen MR) is 157 cm³/mol. The molecular weight excluding hydrogens is 546 g/mol. The van der Waals surface area contributed by atoms with Gasteiger partial charge in [-0.3, -0.25) is 15.0 Å². The fourth-order valence-electron chi connectivity index (χ4n) is 5.05. The minimum absolute atomic E-state index is 0.0142. The number of hydrogen-bond donors (Lipinski definition) is 1. The topological polar surface area (TPSA) is 132 Å². The number of ether oxygens (including phenoxy) is 2. The van der Waals surface area contributed by atoms with Gasteiger partial charge in [0.2, 0.25) is 0 Å². The maximum Gasteiger partial charge on any atom is 0.410 e. The van der Waals surface area contributed by atoms with Crippen LogP contribution < -0.4 is 0 Å². The summed E-state index contributed by atoms with van der Waals surface area (Å²) >= 11 is 0. The number of benzene rings is 1. The van der Waals surface area contributed by atoms with Crippen LogP contribution in [0.25, 0.3) is 0 Å². The lowest BCUT2D eigenvalue weighted by Crippen LogP contribution is -2.50. The monoisotopic (exact) mass is 593 g/mol. The lowest BCUT2D eigenvalue weighted by molar-refractivity contribution is -0.384. The zero-order valence-corrected chi connectivity index (χ0v) is 26.7. The van der Waals surface area contributed by atoms with Gasteiger partial charge >= 0.3 is 12.2 Å². The first kappa shape index (κ1) is 32.8. The molecule has 2 saturated heterocycles. The second kappa shape index (κ2) is 12.7. The van der Waals surface area contributed by atoms with E-state index in [1.54, 1.807) is 21.9 Å². The van der Waals surface area contributed by atoms with Crippen molar-refractivity contribution in [1.82, 2.24) is 9.80 Å². The van der Waals surface area contributed by atoms with Crippen molar-refractivity contribution in [1.29, 1.82) is 0 Å². The maximum absolute atomic E-state index is 13.2. The molecule has 2 fully saturated rings. The van der Waals surface area contributed by atoms with Gasteiger partial charge < -0.3 is 23.9 Å². The van der Waals surface area contributed by atoms with E-state index in [0.29, 0.717) is 44.5 Å². The lowest BCUT2D eigenvalue weighted by Gasteiger charge is -2.38. The van der Waals surface area contributed by atoms with E-state index < -0.39 is 43.2 Å². The van der Waals surface area contributed by atoms with E-state index in [4.69, 9.17) is 13.9 Å². The standard InChI is InChI=1S/C29H47N3O8Si/c1-28(2,3)39-27(35)31-18-23(40-41(7,8)29(4,5)6)17-24(31)25(33)21-13-15-30(16-14-21)26(34)38-19-20-9-11-22(12-10-20)32(36)37/h9-12,21,23-25,33H,13-19H2,1-8H3/t23-,24+,25?/m1/s1. The highest BCUT2D eigenvalue weighted by atomic mass is 28.4. The van der Waals surface area contributed by atoms with Gasteiger partial charge in [-0.2, -0.15) is 0 Å². The second-order valence-electron chi connectivity index (χ2n) is 13.7. The molecule has 41 heavy (non-hydrogen) atoms. The Bertz CT molecular complexity index is 1080. The first-order valence-corrected chi connectivity index (χ1v) is 17.3. The number of non-ortho nitro benzene ring substituents is 1. The number of piperidine rings is 1. The molecular formula is C29H47N3O8Si. The highest BCUT2D eigenvalue weighted by Crippen LogP contribution is 2.40. The Kier molecular flexibility index (Phi) is 10.1. The molecule has 2 aliphatic heterocycles. The highest BCUT2D eigenvalue weighted by molar-refractivity contribution is 6.74. The van der Waals surface area contributed by atoms with Crippen molar-refractivity contribution in [2.45, 2.75) is 109 Å². The summed E-state index contributed by atoms with van der Waals surface area (Å²) in [4.78, 5) is 39.4. The summed E-state index contributed by atoms with van der Waals surface area (Å²) in [5.74, 6) is -0.102. The molecule has 0 saturated carbocycles. The molecule has 1 N–H and O–H groups in total. The van der Waals surface area contributed by atoms with Crippen LogP contribution >= 0.6 is 0 Å². The Hall–Kier alpha value is -2.70. The van der Waals surface area contributed by atoms with Gasteiger partial charge in [-0.1, -0.05) is 20.8 Å². The van der Waals surface area contributed by atoms with Gasteiger partial charge in [-0.25, -0.2) is 9.59 Å². The third kappa shape index (κ3) is 8.65. The molecule has 0 bridgehead atoms. The van der Waals surface area contributed by atoms with E-state index in [2.05, 4.69) is 33.9 Å². The maximum atomic E-state index is 13.2. The molecule has 2 amide bonds. The van der Waals surface area contributed by atoms with Crippen molar-refractivity contribution in [3.63, 3.8) is 0 Å². The summed E-state index contributed by atoms with van der Waals surface area (Å²) in [5, 5.41) is 22.4. The molecule has 1 aromatic rings. The average molecular weight is 594 g/mol. The number of rotatable bonds is 7. The van der Waals surface area contributed by atoms with Gasteiger partial charge in [-0.05, 0) is 81.8 Å². The van der Waals surface area contributed by atoms with Gasteiger partial charge in [0.1, 0.15) is 12.2 Å². The lowest BCUT2D eigenvalue weighted by atomic mass is 9.86. The fourth-order valence-corrected chi connectivity index (χ4v) is 6.40. The van der Waals surface area contributed by atoms with Gasteiger partial charge in [0.15, 0.2) is 8.32 Å². The van der Waals surface area contributed by atoms with Crippen LogP contribution in [0.15, 0.2) is 24.3 Å². The van der Waals surface area contributed by atoms with Crippen LogP contribution in [0.1, 0.15) is 66.4 Å². The van der Waals surface area contributed by atoms with Gasteiger partial charge in [0.05, 0.1) is 23.2 Å². The van der Waals surface area contributed by atoms with E-state index in [0.717, 1.165) is 0 Å². The van der Waals surface area contributed by atoms with Crippen LogP contribution in [-0.2, 0) is 20.5 Å². The quantitative estimate of drug-likeness (QED) is 0.242. The van der Waals surface area contributed by atoms with E-state index in [-0.39, 0.29) is 29.4 Å². The van der Waals surface area contributed by atoms with Crippen molar-refractivity contribution < 1.29 is 33.5 Å². The van der Waals surface area contributed by atoms with Crippen LogP contribution in [0.5, 0.6) is 0 Å². The number of nitro groups is 1. The molecule has 2 heterocycles. The molecule has 0 aromatic heterocycles. The number of likely N-dealkylation sites (tertiary alicyclic amines) is 2. The van der Waals surface area contributed by atoms with Crippen LogP contribution in [0.2, 0.25) is 18.1 Å². The number of nitro benzene ring substituents is 1. The number of carbonyl (C=O) groups is 2. The number of carbonyl (C=O) groups excluding carboxylic acids is 2. The Morgan fingerprint density at radius 2 is 1.66 bits per heavy atom. The zero-order chi connectivity index (χ0) is 30.8. The van der Waals surface area contributed by atoms with Gasteiger partial charge in [-0.15, -0.1) is 0 Å². The molecule has 0 radical (unpaired) electrons. The fraction of sp³-hybridized carbons (Fsp3) is 0.724. The van der Waals surface area contributed by atoms with Crippen molar-refractivity contribution in [3.05, 3.63) is 39.9 Å². The van der Waals surface area contributed by atoms with Crippen LogP contribution in [0.4, 0.5) is 15.3 Å². The number of hydrogen-bond acceptors (Lipinski definition) is 8. The Labute approximate surface area is 244 Å². The summed E-state index contributed by atoms with van der Waals surface area (Å²) in [6.07, 6.45) is -0.206. The van der Waals surface area contributed by atoms with Crippen molar-refractivity contribution in [2.75, 3.05) is 19.6 Å². The second-order valence-corrected chi connectivity index (χ2v) is 18.5.